The highest BCUT2D eigenvalue weighted by molar-refractivity contribution is 14.0. The molecule has 2 rings (SSSR count). The zero-order valence-corrected chi connectivity index (χ0v) is 18.7. The molecule has 0 saturated carbocycles. The molecule has 1 aromatic rings. The molecule has 1 aromatic carbocycles. The van der Waals surface area contributed by atoms with Crippen LogP contribution in [0.5, 0.6) is 0 Å². The first-order chi connectivity index (χ1) is 12.2. The van der Waals surface area contributed by atoms with E-state index < -0.39 is 0 Å². The first-order valence-electron chi connectivity index (χ1n) is 9.26. The Kier molecular flexibility index (Phi) is 12.3. The predicted octanol–water partition coefficient (Wildman–Crippen LogP) is 3.50. The molecule has 0 aliphatic carbocycles. The Bertz CT molecular complexity index is 536. The Morgan fingerprint density at radius 2 is 2.08 bits per heavy atom. The number of hydrogen-bond acceptors (Lipinski definition) is 3. The fourth-order valence-electron chi connectivity index (χ4n) is 3.01. The van der Waals surface area contributed by atoms with E-state index in [0.717, 1.165) is 70.2 Å². The number of halogens is 2. The summed E-state index contributed by atoms with van der Waals surface area (Å²) < 4.78 is 5.30. The number of piperidine rings is 1. The lowest BCUT2D eigenvalue weighted by atomic mass is 9.96. The second kappa shape index (κ2) is 13.6. The monoisotopic (exact) mass is 494 g/mol. The normalized spacial score (nSPS) is 16.3. The highest BCUT2D eigenvalue weighted by Crippen LogP contribution is 2.22. The molecule has 1 fully saturated rings. The van der Waals surface area contributed by atoms with E-state index in [-0.39, 0.29) is 24.0 Å². The lowest BCUT2D eigenvalue weighted by molar-refractivity contribution is 0.145. The quantitative estimate of drug-likeness (QED) is 0.239. The molecule has 1 aliphatic heterocycles. The number of nitrogens with one attached hydrogen (secondary N) is 1. The summed E-state index contributed by atoms with van der Waals surface area (Å²) in [6.45, 7) is 8.26. The number of rotatable bonds is 9. The fourth-order valence-corrected chi connectivity index (χ4v) is 3.21. The Balaban J connectivity index is 0.00000338. The molecule has 0 atom stereocenters. The lowest BCUT2D eigenvalue weighted by Crippen LogP contribution is -2.36. The molecular weight excluding hydrogens is 463 g/mol. The van der Waals surface area contributed by atoms with Gasteiger partial charge in [-0.3, -0.25) is 9.89 Å². The summed E-state index contributed by atoms with van der Waals surface area (Å²) in [6, 6.07) is 8.09. The van der Waals surface area contributed by atoms with Crippen LogP contribution in [0.15, 0.2) is 29.3 Å². The van der Waals surface area contributed by atoms with E-state index in [1.54, 1.807) is 0 Å². The summed E-state index contributed by atoms with van der Waals surface area (Å²) in [5.41, 5.74) is 7.13. The number of hydrogen-bond donors (Lipinski definition) is 2. The second-order valence-corrected chi connectivity index (χ2v) is 6.92. The molecule has 148 valence electrons. The summed E-state index contributed by atoms with van der Waals surface area (Å²) >= 11 is 6.25. The van der Waals surface area contributed by atoms with E-state index in [0.29, 0.717) is 11.9 Å². The second-order valence-electron chi connectivity index (χ2n) is 6.51. The first-order valence-corrected chi connectivity index (χ1v) is 9.64. The van der Waals surface area contributed by atoms with Crippen LogP contribution in [0.1, 0.15) is 31.7 Å². The fraction of sp³-hybridized carbons (Fsp3) is 0.632. The first kappa shape index (κ1) is 23.5. The maximum atomic E-state index is 6.25. The molecule has 1 saturated heterocycles. The smallest absolute Gasteiger partial charge is 0.188 e. The van der Waals surface area contributed by atoms with E-state index in [9.17, 15) is 0 Å². The van der Waals surface area contributed by atoms with Crippen LogP contribution >= 0.6 is 35.6 Å². The van der Waals surface area contributed by atoms with Crippen molar-refractivity contribution in [2.75, 3.05) is 39.4 Å². The number of benzene rings is 1. The van der Waals surface area contributed by atoms with Gasteiger partial charge < -0.3 is 15.8 Å². The van der Waals surface area contributed by atoms with Crippen molar-refractivity contribution < 1.29 is 4.74 Å². The minimum atomic E-state index is 0. The summed E-state index contributed by atoms with van der Waals surface area (Å²) in [4.78, 5) is 6.96. The third-order valence-electron chi connectivity index (χ3n) is 4.55. The molecule has 0 amide bonds. The van der Waals surface area contributed by atoms with Crippen LogP contribution < -0.4 is 11.1 Å². The Labute approximate surface area is 179 Å². The third kappa shape index (κ3) is 8.88. The van der Waals surface area contributed by atoms with Gasteiger partial charge in [-0.1, -0.05) is 29.8 Å². The maximum absolute atomic E-state index is 6.25. The highest BCUT2D eigenvalue weighted by atomic mass is 127. The molecule has 0 unspecified atom stereocenters. The lowest BCUT2D eigenvalue weighted by Gasteiger charge is -2.31. The molecule has 0 bridgehead atoms. The van der Waals surface area contributed by atoms with Gasteiger partial charge in [0.15, 0.2) is 5.96 Å². The van der Waals surface area contributed by atoms with Gasteiger partial charge in [0.25, 0.3) is 0 Å². The van der Waals surface area contributed by atoms with Crippen molar-refractivity contribution >= 4 is 41.5 Å². The molecule has 0 spiro atoms. The molecule has 1 heterocycles. The van der Waals surface area contributed by atoms with Gasteiger partial charge in [-0.2, -0.15) is 0 Å². The van der Waals surface area contributed by atoms with Gasteiger partial charge in [0, 0.05) is 37.9 Å². The molecule has 26 heavy (non-hydrogen) atoms. The Morgan fingerprint density at radius 3 is 2.77 bits per heavy atom. The number of ether oxygens (including phenoxy) is 1. The van der Waals surface area contributed by atoms with Gasteiger partial charge >= 0.3 is 0 Å². The van der Waals surface area contributed by atoms with Crippen molar-refractivity contribution in [1.82, 2.24) is 10.2 Å². The highest BCUT2D eigenvalue weighted by Gasteiger charge is 2.19. The van der Waals surface area contributed by atoms with Crippen molar-refractivity contribution in [3.05, 3.63) is 34.9 Å². The van der Waals surface area contributed by atoms with E-state index >= 15 is 0 Å². The minimum absolute atomic E-state index is 0. The molecular formula is C19H32ClIN4O. The largest absolute Gasteiger partial charge is 0.382 e. The number of likely N-dealkylation sites (tertiary alicyclic amines) is 1. The van der Waals surface area contributed by atoms with Crippen LogP contribution in [0.2, 0.25) is 5.02 Å². The van der Waals surface area contributed by atoms with E-state index in [1.165, 1.54) is 5.56 Å². The molecule has 7 heteroatoms. The van der Waals surface area contributed by atoms with Gasteiger partial charge in [-0.05, 0) is 56.8 Å². The third-order valence-corrected chi connectivity index (χ3v) is 4.92. The predicted molar refractivity (Wildman–Crippen MR) is 120 cm³/mol. The summed E-state index contributed by atoms with van der Waals surface area (Å²) in [5.74, 6) is 1.17. The molecule has 0 radical (unpaired) electrons. The number of nitrogens with zero attached hydrogens (tertiary/aromatic N) is 2. The molecule has 5 nitrogen and oxygen atoms in total. The Hall–Kier alpha value is -0.570. The molecule has 1 aliphatic rings. The SMILES string of the molecule is CCOCCCNC(N)=NCC1CCN(Cc2ccccc2Cl)CC1.I. The summed E-state index contributed by atoms with van der Waals surface area (Å²) in [5, 5.41) is 4.01. The zero-order chi connectivity index (χ0) is 17.9. The van der Waals surface area contributed by atoms with Gasteiger partial charge in [0.05, 0.1) is 0 Å². The molecule has 0 aromatic heterocycles. The van der Waals surface area contributed by atoms with Crippen LogP contribution in [0.4, 0.5) is 0 Å². The standard InChI is InChI=1S/C19H31ClN4O.HI/c1-2-25-13-5-10-22-19(21)23-14-16-8-11-24(12-9-16)15-17-6-3-4-7-18(17)20;/h3-4,6-7,16H,2,5,8-15H2,1H3,(H3,21,22,23);1H. The average molecular weight is 495 g/mol. The topological polar surface area (TPSA) is 62.9 Å². The van der Waals surface area contributed by atoms with Crippen molar-refractivity contribution in [3.8, 4) is 0 Å². The molecule has 3 N–H and O–H groups in total. The van der Waals surface area contributed by atoms with Gasteiger partial charge in [0.1, 0.15) is 0 Å². The van der Waals surface area contributed by atoms with Crippen molar-refractivity contribution in [1.29, 1.82) is 0 Å². The van der Waals surface area contributed by atoms with Gasteiger partial charge in [0.2, 0.25) is 0 Å². The van der Waals surface area contributed by atoms with Crippen LogP contribution in [0.3, 0.4) is 0 Å². The van der Waals surface area contributed by atoms with E-state index in [1.807, 2.05) is 25.1 Å². The number of guanidine groups is 1. The summed E-state index contributed by atoms with van der Waals surface area (Å²) in [7, 11) is 0. The van der Waals surface area contributed by atoms with Gasteiger partial charge in [-0.15, -0.1) is 24.0 Å². The van der Waals surface area contributed by atoms with Crippen LogP contribution in [0.25, 0.3) is 0 Å². The number of nitrogens with two attached hydrogens (primary N) is 1. The van der Waals surface area contributed by atoms with E-state index in [4.69, 9.17) is 22.1 Å². The van der Waals surface area contributed by atoms with Crippen molar-refractivity contribution in [2.45, 2.75) is 32.7 Å². The minimum Gasteiger partial charge on any atom is -0.382 e. The van der Waals surface area contributed by atoms with Crippen LogP contribution in [-0.4, -0.2) is 50.3 Å². The zero-order valence-electron chi connectivity index (χ0n) is 15.6. The maximum Gasteiger partial charge on any atom is 0.188 e. The van der Waals surface area contributed by atoms with Crippen LogP contribution in [-0.2, 0) is 11.3 Å². The average Bonchev–Trinajstić information content (AvgIpc) is 2.63. The Morgan fingerprint density at radius 1 is 1.35 bits per heavy atom. The summed E-state index contributed by atoms with van der Waals surface area (Å²) in [6.07, 6.45) is 3.27. The van der Waals surface area contributed by atoms with Gasteiger partial charge in [-0.25, -0.2) is 0 Å². The van der Waals surface area contributed by atoms with E-state index in [2.05, 4.69) is 21.3 Å². The number of aliphatic imine (C=N–C) groups is 1. The van der Waals surface area contributed by atoms with Crippen molar-refractivity contribution in [2.24, 2.45) is 16.6 Å². The van der Waals surface area contributed by atoms with Crippen molar-refractivity contribution in [3.63, 3.8) is 0 Å². The van der Waals surface area contributed by atoms with Crippen LogP contribution in [0, 0.1) is 5.92 Å².